The summed E-state index contributed by atoms with van der Waals surface area (Å²) in [4.78, 5) is 2.36. The molecule has 1 aliphatic heterocycles. The van der Waals surface area contributed by atoms with E-state index in [1.165, 1.54) is 13.0 Å². The van der Waals surface area contributed by atoms with Gasteiger partial charge in [-0.25, -0.2) is 5.01 Å². The summed E-state index contributed by atoms with van der Waals surface area (Å²) in [7, 11) is 2.17. The van der Waals surface area contributed by atoms with Gasteiger partial charge in [0, 0.05) is 19.1 Å². The third kappa shape index (κ3) is 2.43. The highest BCUT2D eigenvalue weighted by atomic mass is 15.4. The van der Waals surface area contributed by atoms with Gasteiger partial charge in [0.2, 0.25) is 0 Å². The fraction of sp³-hybridized carbons (Fsp3) is 1.00. The lowest BCUT2D eigenvalue weighted by atomic mass is 10.2. The summed E-state index contributed by atoms with van der Waals surface area (Å²) in [5.41, 5.74) is 0. The van der Waals surface area contributed by atoms with Crippen molar-refractivity contribution in [3.8, 4) is 0 Å². The Bertz CT molecular complexity index is 116. The fourth-order valence-electron chi connectivity index (χ4n) is 1.63. The summed E-state index contributed by atoms with van der Waals surface area (Å²) in [6.07, 6.45) is 2.35. The normalized spacial score (nSPS) is 30.3. The van der Waals surface area contributed by atoms with Gasteiger partial charge >= 0.3 is 0 Å². The summed E-state index contributed by atoms with van der Waals surface area (Å²) in [6.45, 7) is 5.55. The third-order valence-corrected chi connectivity index (χ3v) is 2.42. The van der Waals surface area contributed by atoms with Crippen molar-refractivity contribution in [2.24, 2.45) is 5.84 Å². The topological polar surface area (TPSA) is 32.5 Å². The molecule has 3 heteroatoms. The van der Waals surface area contributed by atoms with Crippen molar-refractivity contribution in [2.75, 3.05) is 26.7 Å². The number of hydrogen-bond donors (Lipinski definition) is 1. The van der Waals surface area contributed by atoms with Crippen molar-refractivity contribution in [3.05, 3.63) is 0 Å². The van der Waals surface area contributed by atoms with E-state index in [0.717, 1.165) is 19.5 Å². The third-order valence-electron chi connectivity index (χ3n) is 2.42. The van der Waals surface area contributed by atoms with Gasteiger partial charge in [0.15, 0.2) is 0 Å². The molecule has 1 fully saturated rings. The molecule has 11 heavy (non-hydrogen) atoms. The molecule has 2 N–H and O–H groups in total. The lowest BCUT2D eigenvalue weighted by Gasteiger charge is -2.25. The Balaban J connectivity index is 2.45. The van der Waals surface area contributed by atoms with E-state index in [-0.39, 0.29) is 0 Å². The molecule has 0 bridgehead atoms. The first kappa shape index (κ1) is 8.97. The Morgan fingerprint density at radius 2 is 2.18 bits per heavy atom. The van der Waals surface area contributed by atoms with E-state index in [1.807, 2.05) is 5.01 Å². The predicted octanol–water partition coefficient (Wildman–Crippen LogP) is 0.276. The van der Waals surface area contributed by atoms with Crippen LogP contribution >= 0.6 is 0 Å². The van der Waals surface area contributed by atoms with Gasteiger partial charge in [-0.2, -0.15) is 0 Å². The summed E-state index contributed by atoms with van der Waals surface area (Å²) in [5, 5.41) is 1.99. The van der Waals surface area contributed by atoms with Crippen LogP contribution in [0.5, 0.6) is 0 Å². The molecule has 1 rings (SSSR count). The molecule has 1 unspecified atom stereocenters. The maximum absolute atomic E-state index is 5.86. The molecule has 0 aromatic carbocycles. The number of hydrogen-bond acceptors (Lipinski definition) is 3. The number of likely N-dealkylation sites (N-methyl/N-ethyl adjacent to an activating group) is 1. The highest BCUT2D eigenvalue weighted by Gasteiger charge is 2.18. The van der Waals surface area contributed by atoms with Crippen LogP contribution in [0.4, 0.5) is 0 Å². The molecule has 66 valence electrons. The summed E-state index contributed by atoms with van der Waals surface area (Å²) in [6, 6.07) is 0.558. The van der Waals surface area contributed by atoms with Crippen LogP contribution in [-0.4, -0.2) is 42.6 Å². The first-order chi connectivity index (χ1) is 5.24. The second kappa shape index (κ2) is 4.04. The van der Waals surface area contributed by atoms with E-state index in [0.29, 0.717) is 6.04 Å². The van der Waals surface area contributed by atoms with E-state index in [1.54, 1.807) is 0 Å². The second-order valence-corrected chi connectivity index (χ2v) is 3.42. The van der Waals surface area contributed by atoms with Crippen molar-refractivity contribution in [1.82, 2.24) is 9.91 Å². The molecule has 3 nitrogen and oxygen atoms in total. The molecule has 1 saturated heterocycles. The minimum Gasteiger partial charge on any atom is -0.305 e. The van der Waals surface area contributed by atoms with Crippen LogP contribution in [0.15, 0.2) is 0 Å². The van der Waals surface area contributed by atoms with E-state index in [4.69, 9.17) is 5.84 Å². The van der Waals surface area contributed by atoms with Crippen molar-refractivity contribution < 1.29 is 0 Å². The van der Waals surface area contributed by atoms with Gasteiger partial charge in [0.05, 0.1) is 0 Å². The van der Waals surface area contributed by atoms with Gasteiger partial charge in [-0.1, -0.05) is 6.92 Å². The smallest absolute Gasteiger partial charge is 0.0365 e. The standard InChI is InChI=1S/C8H19N3/c1-3-8-7-10(2)5-4-6-11(8)9/h8H,3-7,9H2,1-2H3. The summed E-state index contributed by atoms with van der Waals surface area (Å²) < 4.78 is 0. The van der Waals surface area contributed by atoms with Crippen LogP contribution in [0.3, 0.4) is 0 Å². The van der Waals surface area contributed by atoms with Crippen molar-refractivity contribution >= 4 is 0 Å². The van der Waals surface area contributed by atoms with E-state index in [9.17, 15) is 0 Å². The van der Waals surface area contributed by atoms with E-state index < -0.39 is 0 Å². The molecule has 0 saturated carbocycles. The first-order valence-corrected chi connectivity index (χ1v) is 4.44. The Morgan fingerprint density at radius 3 is 2.82 bits per heavy atom. The zero-order valence-electron chi connectivity index (χ0n) is 7.58. The summed E-state index contributed by atoms with van der Waals surface area (Å²) in [5.74, 6) is 5.86. The molecule has 1 aliphatic rings. The van der Waals surface area contributed by atoms with Gasteiger partial charge in [-0.3, -0.25) is 5.84 Å². The van der Waals surface area contributed by atoms with Crippen molar-refractivity contribution in [1.29, 1.82) is 0 Å². The molecule has 0 amide bonds. The van der Waals surface area contributed by atoms with Gasteiger partial charge < -0.3 is 4.90 Å². The Hall–Kier alpha value is -0.120. The SMILES string of the molecule is CCC1CN(C)CCCN1N. The van der Waals surface area contributed by atoms with E-state index >= 15 is 0 Å². The maximum Gasteiger partial charge on any atom is 0.0365 e. The van der Waals surface area contributed by atoms with Crippen LogP contribution in [0.25, 0.3) is 0 Å². The average Bonchev–Trinajstić information content (AvgIpc) is 2.13. The lowest BCUT2D eigenvalue weighted by Crippen LogP contribution is -2.44. The largest absolute Gasteiger partial charge is 0.305 e. The summed E-state index contributed by atoms with van der Waals surface area (Å²) >= 11 is 0. The van der Waals surface area contributed by atoms with Crippen LogP contribution in [0, 0.1) is 0 Å². The lowest BCUT2D eigenvalue weighted by molar-refractivity contribution is 0.187. The molecular weight excluding hydrogens is 138 g/mol. The predicted molar refractivity (Wildman–Crippen MR) is 47.1 cm³/mol. The van der Waals surface area contributed by atoms with Crippen LogP contribution < -0.4 is 5.84 Å². The Labute approximate surface area is 69.1 Å². The van der Waals surface area contributed by atoms with Crippen molar-refractivity contribution in [2.45, 2.75) is 25.8 Å². The van der Waals surface area contributed by atoms with E-state index in [2.05, 4.69) is 18.9 Å². The van der Waals surface area contributed by atoms with Crippen LogP contribution in [-0.2, 0) is 0 Å². The number of rotatable bonds is 1. The molecule has 0 aromatic heterocycles. The van der Waals surface area contributed by atoms with Crippen LogP contribution in [0.2, 0.25) is 0 Å². The van der Waals surface area contributed by atoms with Gasteiger partial charge in [-0.05, 0) is 26.4 Å². The van der Waals surface area contributed by atoms with Gasteiger partial charge in [0.25, 0.3) is 0 Å². The van der Waals surface area contributed by atoms with Gasteiger partial charge in [0.1, 0.15) is 0 Å². The number of nitrogens with zero attached hydrogens (tertiary/aromatic N) is 2. The maximum atomic E-state index is 5.86. The van der Waals surface area contributed by atoms with Crippen molar-refractivity contribution in [3.63, 3.8) is 0 Å². The molecule has 1 heterocycles. The highest BCUT2D eigenvalue weighted by Crippen LogP contribution is 2.06. The zero-order chi connectivity index (χ0) is 8.27. The monoisotopic (exact) mass is 157 g/mol. The van der Waals surface area contributed by atoms with Gasteiger partial charge in [-0.15, -0.1) is 0 Å². The number of nitrogens with two attached hydrogens (primary N) is 1. The highest BCUT2D eigenvalue weighted by molar-refractivity contribution is 4.73. The minimum atomic E-state index is 0.558. The zero-order valence-corrected chi connectivity index (χ0v) is 7.58. The minimum absolute atomic E-state index is 0.558. The second-order valence-electron chi connectivity index (χ2n) is 3.42. The molecule has 0 radical (unpaired) electrons. The Morgan fingerprint density at radius 1 is 1.45 bits per heavy atom. The molecular formula is C8H19N3. The fourth-order valence-corrected chi connectivity index (χ4v) is 1.63. The quantitative estimate of drug-likeness (QED) is 0.555. The number of hydrazine groups is 1. The molecule has 1 atom stereocenters. The Kier molecular flexibility index (Phi) is 3.30. The average molecular weight is 157 g/mol. The molecule has 0 aliphatic carbocycles. The van der Waals surface area contributed by atoms with Crippen LogP contribution in [0.1, 0.15) is 19.8 Å². The molecule has 0 spiro atoms. The molecule has 0 aromatic rings. The first-order valence-electron chi connectivity index (χ1n) is 4.44.